The van der Waals surface area contributed by atoms with Crippen LogP contribution in [0.4, 0.5) is 0 Å². The van der Waals surface area contributed by atoms with Crippen molar-refractivity contribution in [3.8, 4) is 0 Å². The summed E-state index contributed by atoms with van der Waals surface area (Å²) in [7, 11) is 1.81. The van der Waals surface area contributed by atoms with E-state index >= 15 is 0 Å². The van der Waals surface area contributed by atoms with Crippen molar-refractivity contribution >= 4 is 10.4 Å². The molecular formula is CH9NOSi. The molecule has 0 atom stereocenters. The Kier molecular flexibility index (Phi) is 1700. The fourth-order valence-electron chi connectivity index (χ4n) is 0. The van der Waals surface area contributed by atoms with Gasteiger partial charge in [0.25, 0.3) is 0 Å². The molecule has 0 aliphatic rings. The van der Waals surface area contributed by atoms with Crippen LogP contribution in [0, 0.1) is 0 Å². The summed E-state index contributed by atoms with van der Waals surface area (Å²) in [6, 6.07) is 0. The quantitative estimate of drug-likeness (QED) is 0.325. The lowest BCUT2D eigenvalue weighted by Crippen LogP contribution is -1.75. The summed E-state index contributed by atoms with van der Waals surface area (Å²) in [6.07, 6.45) is 0. The molecule has 0 saturated carbocycles. The molecule has 2 nitrogen and oxygen atoms in total. The van der Waals surface area contributed by atoms with E-state index in [4.69, 9.17) is 5.11 Å². The van der Waals surface area contributed by atoms with Crippen molar-refractivity contribution in [1.29, 1.82) is 0 Å². The van der Waals surface area contributed by atoms with Gasteiger partial charge in [0, 0.05) is 7.11 Å². The average Bonchev–Trinajstić information content (AvgIpc) is 1.50. The summed E-state index contributed by atoms with van der Waals surface area (Å²) in [5.74, 6) is 0. The van der Waals surface area contributed by atoms with Gasteiger partial charge in [-0.15, -0.1) is 0 Å². The van der Waals surface area contributed by atoms with Crippen LogP contribution in [0.25, 0.3) is 0 Å². The maximum Gasteiger partial charge on any atom is 0.0716 e. The molecule has 4 heavy (non-hydrogen) atoms. The van der Waals surface area contributed by atoms with Gasteiger partial charge in [0.05, 0.1) is 10.4 Å². The third kappa shape index (κ3) is 147. The normalized spacial score (nSPS) is 3.75. The molecule has 0 amide bonds. The largest absolute Gasteiger partial charge is 0.400 e. The second-order valence-corrected chi connectivity index (χ2v) is 0. The van der Waals surface area contributed by atoms with Crippen molar-refractivity contribution in [2.45, 2.75) is 0 Å². The van der Waals surface area contributed by atoms with Gasteiger partial charge < -0.3 is 10.5 Å². The van der Waals surface area contributed by atoms with Gasteiger partial charge in [0.15, 0.2) is 0 Å². The minimum absolute atomic E-state index is 0.806. The van der Waals surface area contributed by atoms with Gasteiger partial charge in [0.2, 0.25) is 0 Å². The second kappa shape index (κ2) is 764. The van der Waals surface area contributed by atoms with E-state index in [-0.39, 0.29) is 0 Å². The maximum absolute atomic E-state index is 7.00. The van der Waals surface area contributed by atoms with Gasteiger partial charge in [-0.25, -0.2) is 0 Å². The zero-order valence-electron chi connectivity index (χ0n) is 3.02. The number of aliphatic hydroxyl groups is 1. The third-order valence-corrected chi connectivity index (χ3v) is 0. The Morgan fingerprint density at radius 3 is 1.50 bits per heavy atom. The molecular weight excluding hydrogens is 70.1 g/mol. The minimum atomic E-state index is 0.806. The van der Waals surface area contributed by atoms with E-state index in [1.807, 2.05) is 0 Å². The lowest BCUT2D eigenvalue weighted by molar-refractivity contribution is 0.399. The molecule has 0 aromatic carbocycles. The molecule has 0 bridgehead atoms. The molecule has 0 heterocycles. The average molecular weight is 79.2 g/mol. The molecule has 28 valence electrons. The molecule has 0 unspecified atom stereocenters. The van der Waals surface area contributed by atoms with Crippen LogP contribution in [0.5, 0.6) is 0 Å². The van der Waals surface area contributed by atoms with Crippen molar-refractivity contribution in [3.63, 3.8) is 0 Å². The Bertz CT molecular complexity index is 8.00. The van der Waals surface area contributed by atoms with E-state index < -0.39 is 0 Å². The predicted molar refractivity (Wildman–Crippen MR) is 22.3 cm³/mol. The molecule has 0 spiro atoms. The van der Waals surface area contributed by atoms with Crippen LogP contribution in [0.1, 0.15) is 0 Å². The first-order valence-corrected chi connectivity index (χ1v) is 2.18. The van der Waals surface area contributed by atoms with E-state index in [0.717, 1.165) is 17.5 Å². The summed E-state index contributed by atoms with van der Waals surface area (Å²) < 4.78 is 0. The molecule has 0 fully saturated rings. The van der Waals surface area contributed by atoms with Gasteiger partial charge >= 0.3 is 0 Å². The van der Waals surface area contributed by atoms with Crippen molar-refractivity contribution in [2.24, 2.45) is 5.40 Å². The van der Waals surface area contributed by atoms with Gasteiger partial charge in [-0.2, -0.15) is 0 Å². The van der Waals surface area contributed by atoms with Crippen LogP contribution in [0.2, 0.25) is 0 Å². The number of aliphatic hydroxyl groups excluding tert-OH is 1. The standard InChI is InChI=1S/CH4O.H5NSi/c2*1-2/h2H,1H3;1H2,2H3. The number of rotatable bonds is 0. The first-order valence-electron chi connectivity index (χ1n) is 1.02. The molecule has 0 saturated heterocycles. The molecule has 0 radical (unpaired) electrons. The van der Waals surface area contributed by atoms with Crippen LogP contribution in [-0.2, 0) is 0 Å². The SMILES string of the molecule is CO.N[SiH3]. The van der Waals surface area contributed by atoms with E-state index in [1.165, 1.54) is 0 Å². The highest BCUT2D eigenvalue weighted by molar-refractivity contribution is 6.02. The summed E-state index contributed by atoms with van der Waals surface area (Å²) in [5, 5.41) is 11.6. The molecule has 0 aromatic heterocycles. The second-order valence-electron chi connectivity index (χ2n) is 0. The van der Waals surface area contributed by atoms with Gasteiger partial charge in [0.1, 0.15) is 0 Å². The van der Waals surface area contributed by atoms with E-state index in [2.05, 4.69) is 5.40 Å². The smallest absolute Gasteiger partial charge is 0.0716 e. The van der Waals surface area contributed by atoms with Crippen molar-refractivity contribution < 1.29 is 5.11 Å². The zero-order chi connectivity index (χ0) is 4.00. The van der Waals surface area contributed by atoms with Gasteiger partial charge in [-0.05, 0) is 0 Å². The minimum Gasteiger partial charge on any atom is -0.400 e. The highest BCUT2D eigenvalue weighted by Crippen LogP contribution is 0.755. The predicted octanol–water partition coefficient (Wildman–Crippen LogP) is -2.17. The lowest BCUT2D eigenvalue weighted by atomic mass is 11.8. The molecule has 0 aliphatic carbocycles. The number of hydrogen-bond acceptors (Lipinski definition) is 2. The highest BCUT2D eigenvalue weighted by atomic mass is 28.2. The zero-order valence-corrected chi connectivity index (χ0v) is 5.02. The Balaban J connectivity index is 0. The van der Waals surface area contributed by atoms with Crippen molar-refractivity contribution in [3.05, 3.63) is 0 Å². The summed E-state index contributed by atoms with van der Waals surface area (Å²) in [6.45, 7) is 0. The van der Waals surface area contributed by atoms with Crippen LogP contribution in [-0.4, -0.2) is 22.6 Å². The van der Waals surface area contributed by atoms with Gasteiger partial charge in [-0.1, -0.05) is 0 Å². The summed E-state index contributed by atoms with van der Waals surface area (Å²) >= 11 is 0. The van der Waals surface area contributed by atoms with Crippen LogP contribution < -0.4 is 5.40 Å². The molecule has 0 rings (SSSR count). The Hall–Kier alpha value is 0.137. The van der Waals surface area contributed by atoms with Crippen LogP contribution in [0.15, 0.2) is 0 Å². The molecule has 3 heteroatoms. The summed E-state index contributed by atoms with van der Waals surface area (Å²) in [5.41, 5.74) is 0. The summed E-state index contributed by atoms with van der Waals surface area (Å²) in [4.78, 5) is 0. The fraction of sp³-hybridized carbons (Fsp3) is 1.00. The van der Waals surface area contributed by atoms with Crippen molar-refractivity contribution in [1.82, 2.24) is 0 Å². The monoisotopic (exact) mass is 79.0 g/mol. The van der Waals surface area contributed by atoms with E-state index in [9.17, 15) is 0 Å². The van der Waals surface area contributed by atoms with Crippen molar-refractivity contribution in [2.75, 3.05) is 7.11 Å². The Labute approximate surface area is 29.1 Å². The molecule has 0 aromatic rings. The third-order valence-electron chi connectivity index (χ3n) is 0. The van der Waals surface area contributed by atoms with E-state index in [1.54, 1.807) is 0 Å². The molecule has 0 aliphatic heterocycles. The van der Waals surface area contributed by atoms with E-state index in [0.29, 0.717) is 0 Å². The van der Waals surface area contributed by atoms with Gasteiger partial charge in [-0.3, -0.25) is 0 Å². The Morgan fingerprint density at radius 2 is 1.50 bits per heavy atom. The van der Waals surface area contributed by atoms with Crippen LogP contribution >= 0.6 is 0 Å². The number of nitrogens with two attached hydrogens (primary N) is 1. The fourth-order valence-corrected chi connectivity index (χ4v) is 0. The first-order chi connectivity index (χ1) is 2.00. The maximum atomic E-state index is 7.00. The van der Waals surface area contributed by atoms with Crippen LogP contribution in [0.3, 0.4) is 0 Å². The Morgan fingerprint density at radius 1 is 1.50 bits per heavy atom. The lowest BCUT2D eigenvalue weighted by Gasteiger charge is -1.21. The number of hydrogen-bond donors (Lipinski definition) is 2. The topological polar surface area (TPSA) is 46.2 Å². The highest BCUT2D eigenvalue weighted by Gasteiger charge is 0.880. The molecule has 3 N–H and O–H groups in total. The first kappa shape index (κ1) is 8.91.